The maximum Gasteiger partial charge on any atom is 0.0685 e. The van der Waals surface area contributed by atoms with E-state index >= 15 is 0 Å². The first-order chi connectivity index (χ1) is 9.53. The van der Waals surface area contributed by atoms with Crippen LogP contribution in [0.25, 0.3) is 0 Å². The van der Waals surface area contributed by atoms with Gasteiger partial charge in [0.25, 0.3) is 0 Å². The Kier molecular flexibility index (Phi) is 4.16. The Morgan fingerprint density at radius 2 is 1.65 bits per heavy atom. The predicted octanol–water partition coefficient (Wildman–Crippen LogP) is 4.27. The molecule has 4 atom stereocenters. The molecule has 1 spiro atoms. The van der Waals surface area contributed by atoms with Crippen molar-refractivity contribution in [2.45, 2.75) is 89.2 Å². The molecule has 20 heavy (non-hydrogen) atoms. The van der Waals surface area contributed by atoms with Gasteiger partial charge in [-0.15, -0.1) is 0 Å². The molecule has 4 unspecified atom stereocenters. The highest BCUT2D eigenvalue weighted by molar-refractivity contribution is 5.02. The lowest BCUT2D eigenvalue weighted by Crippen LogP contribution is -2.56. The van der Waals surface area contributed by atoms with Crippen molar-refractivity contribution in [3.63, 3.8) is 0 Å². The molecule has 2 aliphatic carbocycles. The molecular formula is C18H33NO. The van der Waals surface area contributed by atoms with Crippen LogP contribution < -0.4 is 5.73 Å². The first kappa shape index (κ1) is 14.8. The molecular weight excluding hydrogens is 246 g/mol. The molecule has 0 bridgehead atoms. The average Bonchev–Trinajstić information content (AvgIpc) is 2.44. The van der Waals surface area contributed by atoms with Gasteiger partial charge in [-0.2, -0.15) is 0 Å². The minimum absolute atomic E-state index is 0.0974. The van der Waals surface area contributed by atoms with Crippen LogP contribution in [0, 0.1) is 17.8 Å². The SMILES string of the molecule is CC1CCC(N)(C2CCOC3(CCCCC3)C2)CC1C. The summed E-state index contributed by atoms with van der Waals surface area (Å²) in [4.78, 5) is 0. The van der Waals surface area contributed by atoms with Crippen molar-refractivity contribution in [3.8, 4) is 0 Å². The first-order valence-corrected chi connectivity index (χ1v) is 8.96. The zero-order valence-electron chi connectivity index (χ0n) is 13.5. The van der Waals surface area contributed by atoms with Crippen molar-refractivity contribution < 1.29 is 4.74 Å². The third kappa shape index (κ3) is 2.78. The van der Waals surface area contributed by atoms with Crippen LogP contribution in [0.1, 0.15) is 78.1 Å². The van der Waals surface area contributed by atoms with Crippen molar-refractivity contribution in [2.24, 2.45) is 23.5 Å². The summed E-state index contributed by atoms with van der Waals surface area (Å²) in [5, 5.41) is 0. The molecule has 0 radical (unpaired) electrons. The second kappa shape index (κ2) is 5.61. The van der Waals surface area contributed by atoms with Gasteiger partial charge in [-0.1, -0.05) is 33.1 Å². The molecule has 3 fully saturated rings. The van der Waals surface area contributed by atoms with Gasteiger partial charge < -0.3 is 10.5 Å². The fourth-order valence-electron chi connectivity index (χ4n) is 5.12. The van der Waals surface area contributed by atoms with E-state index in [2.05, 4.69) is 13.8 Å². The Hall–Kier alpha value is -0.0800. The maximum atomic E-state index is 6.92. The van der Waals surface area contributed by atoms with Crippen molar-refractivity contribution in [3.05, 3.63) is 0 Å². The lowest BCUT2D eigenvalue weighted by molar-refractivity contribution is -0.132. The fraction of sp³-hybridized carbons (Fsp3) is 1.00. The quantitative estimate of drug-likeness (QED) is 0.778. The summed E-state index contributed by atoms with van der Waals surface area (Å²) in [6, 6.07) is 0. The minimum Gasteiger partial charge on any atom is -0.375 e. The van der Waals surface area contributed by atoms with Gasteiger partial charge in [-0.3, -0.25) is 0 Å². The second-order valence-corrected chi connectivity index (χ2v) is 8.21. The van der Waals surface area contributed by atoms with Gasteiger partial charge in [-0.25, -0.2) is 0 Å². The Morgan fingerprint density at radius 1 is 0.900 bits per heavy atom. The van der Waals surface area contributed by atoms with Gasteiger partial charge in [0.05, 0.1) is 5.60 Å². The zero-order chi connectivity index (χ0) is 14.2. The van der Waals surface area contributed by atoms with Crippen molar-refractivity contribution in [2.75, 3.05) is 6.61 Å². The molecule has 2 heteroatoms. The lowest BCUT2D eigenvalue weighted by Gasteiger charge is -2.51. The van der Waals surface area contributed by atoms with Gasteiger partial charge in [0.15, 0.2) is 0 Å². The van der Waals surface area contributed by atoms with Gasteiger partial charge in [0.2, 0.25) is 0 Å². The van der Waals surface area contributed by atoms with Crippen LogP contribution in [0.15, 0.2) is 0 Å². The van der Waals surface area contributed by atoms with Crippen LogP contribution in [0.3, 0.4) is 0 Å². The predicted molar refractivity (Wildman–Crippen MR) is 83.6 cm³/mol. The fourth-order valence-corrected chi connectivity index (χ4v) is 5.12. The third-order valence-electron chi connectivity index (χ3n) is 6.81. The van der Waals surface area contributed by atoms with E-state index in [9.17, 15) is 0 Å². The molecule has 0 amide bonds. The Balaban J connectivity index is 1.69. The number of nitrogens with two attached hydrogens (primary N) is 1. The smallest absolute Gasteiger partial charge is 0.0685 e. The van der Waals surface area contributed by atoms with Crippen LogP contribution in [0.4, 0.5) is 0 Å². The van der Waals surface area contributed by atoms with E-state index in [0.717, 1.165) is 18.4 Å². The number of hydrogen-bond donors (Lipinski definition) is 1. The highest BCUT2D eigenvalue weighted by atomic mass is 16.5. The van der Waals surface area contributed by atoms with Crippen LogP contribution in [0.5, 0.6) is 0 Å². The van der Waals surface area contributed by atoms with Crippen molar-refractivity contribution in [1.29, 1.82) is 0 Å². The van der Waals surface area contributed by atoms with Crippen molar-refractivity contribution >= 4 is 0 Å². The highest BCUT2D eigenvalue weighted by Gasteiger charge is 2.47. The molecule has 116 valence electrons. The van der Waals surface area contributed by atoms with Crippen molar-refractivity contribution in [1.82, 2.24) is 0 Å². The summed E-state index contributed by atoms with van der Waals surface area (Å²) >= 11 is 0. The van der Waals surface area contributed by atoms with E-state index in [0.29, 0.717) is 5.92 Å². The Bertz CT molecular complexity index is 331. The molecule has 1 aliphatic heterocycles. The molecule has 1 saturated heterocycles. The van der Waals surface area contributed by atoms with Gasteiger partial charge in [0.1, 0.15) is 0 Å². The molecule has 1 heterocycles. The normalized spacial score (nSPS) is 45.5. The van der Waals surface area contributed by atoms with Gasteiger partial charge in [-0.05, 0) is 62.7 Å². The molecule has 2 N–H and O–H groups in total. The van der Waals surface area contributed by atoms with E-state index in [1.54, 1.807) is 0 Å². The summed E-state index contributed by atoms with van der Waals surface area (Å²) in [7, 11) is 0. The lowest BCUT2D eigenvalue weighted by atomic mass is 9.62. The van der Waals surface area contributed by atoms with Crippen LogP contribution in [-0.4, -0.2) is 17.7 Å². The summed E-state index contributed by atoms with van der Waals surface area (Å²) < 4.78 is 6.26. The first-order valence-electron chi connectivity index (χ1n) is 8.96. The molecule has 0 aromatic heterocycles. The number of hydrogen-bond acceptors (Lipinski definition) is 2. The van der Waals surface area contributed by atoms with E-state index in [4.69, 9.17) is 10.5 Å². The van der Waals surface area contributed by atoms with Gasteiger partial charge in [0, 0.05) is 12.1 Å². The molecule has 3 rings (SSSR count). The molecule has 0 aromatic rings. The molecule has 2 nitrogen and oxygen atoms in total. The van der Waals surface area contributed by atoms with E-state index in [-0.39, 0.29) is 11.1 Å². The Morgan fingerprint density at radius 3 is 2.35 bits per heavy atom. The minimum atomic E-state index is 0.0974. The number of ether oxygens (including phenoxy) is 1. The maximum absolute atomic E-state index is 6.92. The van der Waals surface area contributed by atoms with Crippen LogP contribution in [-0.2, 0) is 4.74 Å². The van der Waals surface area contributed by atoms with E-state index in [1.807, 2.05) is 0 Å². The topological polar surface area (TPSA) is 35.2 Å². The van der Waals surface area contributed by atoms with Crippen LogP contribution >= 0.6 is 0 Å². The van der Waals surface area contributed by atoms with E-state index in [1.165, 1.54) is 64.2 Å². The standard InChI is InChI=1S/C18H33NO/c1-14-6-10-18(19,12-15(14)2)16-7-11-20-17(13-16)8-4-3-5-9-17/h14-16H,3-13,19H2,1-2H3. The number of rotatable bonds is 1. The highest BCUT2D eigenvalue weighted by Crippen LogP contribution is 2.48. The summed E-state index contributed by atoms with van der Waals surface area (Å²) in [6.07, 6.45) is 12.9. The average molecular weight is 279 g/mol. The Labute approximate surface area is 124 Å². The third-order valence-corrected chi connectivity index (χ3v) is 6.81. The van der Waals surface area contributed by atoms with Crippen LogP contribution in [0.2, 0.25) is 0 Å². The second-order valence-electron chi connectivity index (χ2n) is 8.21. The summed E-state index contributed by atoms with van der Waals surface area (Å²) in [5.74, 6) is 2.35. The molecule has 2 saturated carbocycles. The summed E-state index contributed by atoms with van der Waals surface area (Å²) in [6.45, 7) is 5.76. The van der Waals surface area contributed by atoms with E-state index < -0.39 is 0 Å². The zero-order valence-corrected chi connectivity index (χ0v) is 13.5. The monoisotopic (exact) mass is 279 g/mol. The summed E-state index contributed by atoms with van der Waals surface area (Å²) in [5.41, 5.74) is 7.23. The molecule has 0 aromatic carbocycles. The molecule has 3 aliphatic rings. The van der Waals surface area contributed by atoms with Gasteiger partial charge >= 0.3 is 0 Å². The largest absolute Gasteiger partial charge is 0.375 e.